The molecule has 1 aliphatic carbocycles. The summed E-state index contributed by atoms with van der Waals surface area (Å²) in [5, 5.41) is 16.9. The molecule has 1 aromatic heterocycles. The van der Waals surface area contributed by atoms with E-state index in [1.54, 1.807) is 6.92 Å². The molecule has 0 unspecified atom stereocenters. The lowest BCUT2D eigenvalue weighted by atomic mass is 9.75. The molecular weight excluding hydrogens is 260 g/mol. The predicted octanol–water partition coefficient (Wildman–Crippen LogP) is 1.24. The number of carbonyl (C=O) groups is 1. The molecule has 0 saturated carbocycles. The van der Waals surface area contributed by atoms with E-state index < -0.39 is 5.97 Å². The number of hydrogen-bond donors (Lipinski definition) is 3. The number of hydrogen-bond acceptors (Lipinski definition) is 4. The van der Waals surface area contributed by atoms with E-state index >= 15 is 0 Å². The molecule has 0 saturated heterocycles. The normalized spacial score (nSPS) is 18.6. The summed E-state index contributed by atoms with van der Waals surface area (Å²) in [5.41, 5.74) is 12.4. The van der Waals surface area contributed by atoms with E-state index in [0.717, 1.165) is 0 Å². The van der Waals surface area contributed by atoms with Crippen LogP contribution in [0.5, 0.6) is 0 Å². The van der Waals surface area contributed by atoms with Gasteiger partial charge in [0, 0.05) is 17.5 Å². The Morgan fingerprint density at radius 3 is 2.55 bits per heavy atom. The van der Waals surface area contributed by atoms with Crippen LogP contribution >= 0.6 is 0 Å². The second kappa shape index (κ2) is 4.66. The molecule has 0 amide bonds. The van der Waals surface area contributed by atoms with Crippen LogP contribution in [0.1, 0.15) is 47.7 Å². The Kier molecular flexibility index (Phi) is 3.29. The molecule has 0 atom stereocenters. The minimum Gasteiger partial charge on any atom is -0.475 e. The van der Waals surface area contributed by atoms with Crippen LogP contribution in [0.2, 0.25) is 0 Å². The molecule has 1 aliphatic rings. The van der Waals surface area contributed by atoms with Gasteiger partial charge in [0.25, 0.3) is 0 Å². The zero-order valence-electron chi connectivity index (χ0n) is 11.7. The topological polar surface area (TPSA) is 127 Å². The maximum Gasteiger partial charge on any atom is 0.372 e. The summed E-state index contributed by atoms with van der Waals surface area (Å²) in [6, 6.07) is 0. The molecule has 1 heterocycles. The summed E-state index contributed by atoms with van der Waals surface area (Å²) < 4.78 is 5.48. The van der Waals surface area contributed by atoms with Gasteiger partial charge in [0.2, 0.25) is 11.7 Å². The minimum absolute atomic E-state index is 0.0508. The molecule has 7 nitrogen and oxygen atoms in total. The molecule has 0 aliphatic heterocycles. The van der Waals surface area contributed by atoms with Gasteiger partial charge >= 0.3 is 5.97 Å². The first kappa shape index (κ1) is 14.1. The van der Waals surface area contributed by atoms with Gasteiger partial charge in [-0.25, -0.2) is 4.79 Å². The Labute approximate surface area is 116 Å². The zero-order valence-corrected chi connectivity index (χ0v) is 11.7. The van der Waals surface area contributed by atoms with Crippen LogP contribution in [-0.4, -0.2) is 22.7 Å². The first-order chi connectivity index (χ1) is 9.21. The van der Waals surface area contributed by atoms with Gasteiger partial charge in [0.05, 0.1) is 5.71 Å². The van der Waals surface area contributed by atoms with E-state index in [1.807, 2.05) is 0 Å². The first-order valence-corrected chi connectivity index (χ1v) is 6.22. The summed E-state index contributed by atoms with van der Waals surface area (Å²) in [6.45, 7) is 5.81. The lowest BCUT2D eigenvalue weighted by molar-refractivity contribution is 0.0658. The lowest BCUT2D eigenvalue weighted by Crippen LogP contribution is -2.27. The third kappa shape index (κ3) is 2.52. The van der Waals surface area contributed by atoms with E-state index in [4.69, 9.17) is 21.0 Å². The van der Waals surface area contributed by atoms with Gasteiger partial charge in [-0.3, -0.25) is 0 Å². The highest BCUT2D eigenvalue weighted by atomic mass is 16.4. The molecule has 20 heavy (non-hydrogen) atoms. The fourth-order valence-electron chi connectivity index (χ4n) is 2.52. The number of nitrogens with zero attached hydrogens (tertiary/aromatic N) is 2. The zero-order chi connectivity index (χ0) is 15.1. The highest BCUT2D eigenvalue weighted by Gasteiger charge is 2.36. The van der Waals surface area contributed by atoms with Crippen molar-refractivity contribution in [2.45, 2.75) is 33.6 Å². The number of guanidine groups is 1. The molecule has 108 valence electrons. The fourth-order valence-corrected chi connectivity index (χ4v) is 2.52. The molecule has 7 heteroatoms. The van der Waals surface area contributed by atoms with E-state index in [1.165, 1.54) is 0 Å². The molecule has 5 N–H and O–H groups in total. The Morgan fingerprint density at radius 2 is 2.00 bits per heavy atom. The average Bonchev–Trinajstić information content (AvgIpc) is 2.62. The first-order valence-electron chi connectivity index (χ1n) is 6.22. The van der Waals surface area contributed by atoms with Gasteiger partial charge in [-0.2, -0.15) is 5.10 Å². The Bertz CT molecular complexity index is 622. The van der Waals surface area contributed by atoms with Crippen LogP contribution in [0.4, 0.5) is 0 Å². The summed E-state index contributed by atoms with van der Waals surface area (Å²) in [6.07, 6.45) is 1.30. The maximum absolute atomic E-state index is 11.2. The summed E-state index contributed by atoms with van der Waals surface area (Å²) >= 11 is 0. The quantitative estimate of drug-likeness (QED) is 0.426. The van der Waals surface area contributed by atoms with Crippen molar-refractivity contribution in [3.05, 3.63) is 22.6 Å². The van der Waals surface area contributed by atoms with E-state index in [2.05, 4.69) is 24.1 Å². The largest absolute Gasteiger partial charge is 0.475 e. The standard InChI is InChI=1S/C13H18N4O3/c1-6-9-7(16-17-12(14)15)4-13(2,3)5-8(9)20-10(6)11(18)19/h4-5H2,1-3H3,(H,18,19)(H4,14,15,17). The van der Waals surface area contributed by atoms with Crippen molar-refractivity contribution in [2.75, 3.05) is 0 Å². The number of furan rings is 1. The van der Waals surface area contributed by atoms with Crippen LogP contribution in [0.15, 0.2) is 14.6 Å². The van der Waals surface area contributed by atoms with Crippen molar-refractivity contribution in [3.8, 4) is 0 Å². The monoisotopic (exact) mass is 278 g/mol. The Morgan fingerprint density at radius 1 is 1.35 bits per heavy atom. The van der Waals surface area contributed by atoms with E-state index in [9.17, 15) is 4.79 Å². The lowest BCUT2D eigenvalue weighted by Gasteiger charge is -2.29. The summed E-state index contributed by atoms with van der Waals surface area (Å²) in [4.78, 5) is 11.2. The van der Waals surface area contributed by atoms with Crippen molar-refractivity contribution in [1.82, 2.24) is 0 Å². The summed E-state index contributed by atoms with van der Waals surface area (Å²) in [7, 11) is 0. The highest BCUT2D eigenvalue weighted by Crippen LogP contribution is 2.38. The van der Waals surface area contributed by atoms with Gasteiger partial charge in [0.15, 0.2) is 0 Å². The van der Waals surface area contributed by atoms with Gasteiger partial charge in [-0.1, -0.05) is 13.8 Å². The van der Waals surface area contributed by atoms with Crippen LogP contribution in [0.25, 0.3) is 0 Å². The summed E-state index contributed by atoms with van der Waals surface area (Å²) in [5.74, 6) is -0.649. The van der Waals surface area contributed by atoms with Crippen molar-refractivity contribution >= 4 is 17.6 Å². The third-order valence-electron chi connectivity index (χ3n) is 3.27. The predicted molar refractivity (Wildman–Crippen MR) is 74.9 cm³/mol. The van der Waals surface area contributed by atoms with E-state index in [0.29, 0.717) is 35.4 Å². The molecule has 1 aromatic rings. The maximum atomic E-state index is 11.2. The molecule has 0 spiro atoms. The second-order valence-electron chi connectivity index (χ2n) is 5.75. The van der Waals surface area contributed by atoms with E-state index in [-0.39, 0.29) is 17.1 Å². The SMILES string of the molecule is Cc1c(C(=O)O)oc2c1C(=NN=C(N)N)CC(C)(C)C2. The number of nitrogens with two attached hydrogens (primary N) is 2. The molecule has 0 bridgehead atoms. The molecule has 0 fully saturated rings. The van der Waals surface area contributed by atoms with Crippen LogP contribution in [0.3, 0.4) is 0 Å². The number of carboxylic acid groups (broad SMARTS) is 1. The fraction of sp³-hybridized carbons (Fsp3) is 0.462. The molecule has 0 aromatic carbocycles. The van der Waals surface area contributed by atoms with Crippen molar-refractivity contribution in [3.63, 3.8) is 0 Å². The van der Waals surface area contributed by atoms with Crippen molar-refractivity contribution in [2.24, 2.45) is 27.1 Å². The number of aromatic carboxylic acids is 1. The third-order valence-corrected chi connectivity index (χ3v) is 3.27. The van der Waals surface area contributed by atoms with Crippen molar-refractivity contribution < 1.29 is 14.3 Å². The van der Waals surface area contributed by atoms with Gasteiger partial charge in [-0.05, 0) is 18.8 Å². The van der Waals surface area contributed by atoms with Crippen LogP contribution in [-0.2, 0) is 6.42 Å². The second-order valence-corrected chi connectivity index (χ2v) is 5.75. The van der Waals surface area contributed by atoms with Gasteiger partial charge in [0.1, 0.15) is 5.76 Å². The Balaban J connectivity index is 2.61. The van der Waals surface area contributed by atoms with Gasteiger partial charge in [-0.15, -0.1) is 5.10 Å². The van der Waals surface area contributed by atoms with Crippen LogP contribution < -0.4 is 11.5 Å². The number of carboxylic acids is 1. The van der Waals surface area contributed by atoms with Gasteiger partial charge < -0.3 is 21.0 Å². The molecule has 2 rings (SSSR count). The smallest absolute Gasteiger partial charge is 0.372 e. The minimum atomic E-state index is -1.09. The highest BCUT2D eigenvalue weighted by molar-refractivity contribution is 6.06. The number of fused-ring (bicyclic) bond motifs is 1. The average molecular weight is 278 g/mol. The van der Waals surface area contributed by atoms with Crippen LogP contribution in [0, 0.1) is 12.3 Å². The molecular formula is C13H18N4O3. The Hall–Kier alpha value is -2.31. The van der Waals surface area contributed by atoms with Crippen molar-refractivity contribution in [1.29, 1.82) is 0 Å². The number of rotatable bonds is 2. The molecule has 0 radical (unpaired) electrons.